The van der Waals surface area contributed by atoms with Crippen molar-refractivity contribution in [3.63, 3.8) is 0 Å². The molecule has 1 aromatic rings. The number of ether oxygens (including phenoxy) is 1. The molecule has 0 heterocycles. The fourth-order valence-electron chi connectivity index (χ4n) is 2.95. The molecule has 7 nitrogen and oxygen atoms in total. The SMILES string of the molecule is CCCCCCCC[C@H](NC(=O)c1ccc(CP(=O)(OC)OC)cc1)C(=O)OC. The topological polar surface area (TPSA) is 90.9 Å². The lowest BCUT2D eigenvalue weighted by Gasteiger charge is -2.17. The number of methoxy groups -OCH3 is 1. The molecule has 1 atom stereocenters. The Morgan fingerprint density at radius 2 is 1.55 bits per heavy atom. The Hall–Kier alpha value is -1.69. The van der Waals surface area contributed by atoms with E-state index in [2.05, 4.69) is 12.2 Å². The van der Waals surface area contributed by atoms with Crippen LogP contribution in [-0.4, -0.2) is 39.2 Å². The van der Waals surface area contributed by atoms with Crippen molar-refractivity contribution in [2.75, 3.05) is 21.3 Å². The second-order valence-corrected chi connectivity index (χ2v) is 9.21. The minimum absolute atomic E-state index is 0.116. The van der Waals surface area contributed by atoms with Crippen LogP contribution in [-0.2, 0) is 29.3 Å². The molecule has 0 aliphatic heterocycles. The van der Waals surface area contributed by atoms with Gasteiger partial charge in [-0.15, -0.1) is 0 Å². The number of benzene rings is 1. The number of carbonyl (C=O) groups excluding carboxylic acids is 2. The van der Waals surface area contributed by atoms with E-state index in [4.69, 9.17) is 13.8 Å². The normalized spacial score (nSPS) is 12.4. The van der Waals surface area contributed by atoms with E-state index in [1.807, 2.05) is 0 Å². The van der Waals surface area contributed by atoms with Crippen LogP contribution in [0.5, 0.6) is 0 Å². The van der Waals surface area contributed by atoms with Crippen LogP contribution >= 0.6 is 7.60 Å². The van der Waals surface area contributed by atoms with Gasteiger partial charge in [0, 0.05) is 19.8 Å². The third kappa shape index (κ3) is 9.11. The highest BCUT2D eigenvalue weighted by Crippen LogP contribution is 2.49. The summed E-state index contributed by atoms with van der Waals surface area (Å²) >= 11 is 0. The summed E-state index contributed by atoms with van der Waals surface area (Å²) in [6.45, 7) is 2.17. The third-order valence-electron chi connectivity index (χ3n) is 4.79. The van der Waals surface area contributed by atoms with Crippen molar-refractivity contribution in [1.29, 1.82) is 0 Å². The number of unbranched alkanes of at least 4 members (excludes halogenated alkanes) is 5. The van der Waals surface area contributed by atoms with Gasteiger partial charge in [0.2, 0.25) is 0 Å². The molecule has 1 amide bonds. The van der Waals surface area contributed by atoms with Crippen LogP contribution in [0.25, 0.3) is 0 Å². The molecule has 0 spiro atoms. The Bertz CT molecular complexity index is 668. The molecule has 0 aliphatic carbocycles. The van der Waals surface area contributed by atoms with Gasteiger partial charge in [0.05, 0.1) is 13.3 Å². The molecule has 0 aliphatic rings. The van der Waals surface area contributed by atoms with Crippen molar-refractivity contribution in [2.24, 2.45) is 0 Å². The molecule has 1 rings (SSSR count). The lowest BCUT2D eigenvalue weighted by molar-refractivity contribution is -0.143. The molecule has 0 unspecified atom stereocenters. The van der Waals surface area contributed by atoms with Gasteiger partial charge in [0.15, 0.2) is 0 Å². The number of hydrogen-bond acceptors (Lipinski definition) is 6. The predicted octanol–water partition coefficient (Wildman–Crippen LogP) is 4.69. The van der Waals surface area contributed by atoms with Crippen molar-refractivity contribution in [3.05, 3.63) is 35.4 Å². The molecule has 0 saturated carbocycles. The second kappa shape index (κ2) is 13.5. The summed E-state index contributed by atoms with van der Waals surface area (Å²) in [4.78, 5) is 24.6. The maximum Gasteiger partial charge on any atom is 0.334 e. The van der Waals surface area contributed by atoms with Gasteiger partial charge in [0.1, 0.15) is 6.04 Å². The first-order chi connectivity index (χ1) is 13.9. The number of nitrogens with one attached hydrogen (secondary N) is 1. The summed E-state index contributed by atoms with van der Waals surface area (Å²) in [5, 5.41) is 2.76. The van der Waals surface area contributed by atoms with E-state index in [0.29, 0.717) is 12.0 Å². The predicted molar refractivity (Wildman–Crippen MR) is 113 cm³/mol. The van der Waals surface area contributed by atoms with Crippen molar-refractivity contribution < 1.29 is 27.9 Å². The Morgan fingerprint density at radius 3 is 2.10 bits per heavy atom. The van der Waals surface area contributed by atoms with Crippen molar-refractivity contribution >= 4 is 19.5 Å². The van der Waals surface area contributed by atoms with E-state index in [1.54, 1.807) is 24.3 Å². The van der Waals surface area contributed by atoms with Gasteiger partial charge in [-0.25, -0.2) is 4.79 Å². The molecule has 0 fully saturated rings. The first-order valence-electron chi connectivity index (χ1n) is 10.1. The van der Waals surface area contributed by atoms with Gasteiger partial charge in [-0.1, -0.05) is 57.6 Å². The van der Waals surface area contributed by atoms with E-state index in [0.717, 1.165) is 24.8 Å². The smallest absolute Gasteiger partial charge is 0.334 e. The zero-order chi connectivity index (χ0) is 21.7. The summed E-state index contributed by atoms with van der Waals surface area (Å²) in [5.74, 6) is -0.788. The highest BCUT2D eigenvalue weighted by atomic mass is 31.2. The summed E-state index contributed by atoms with van der Waals surface area (Å²) in [7, 11) is 0.827. The van der Waals surface area contributed by atoms with Crippen molar-refractivity contribution in [3.8, 4) is 0 Å². The van der Waals surface area contributed by atoms with Crippen LogP contribution in [0, 0.1) is 0 Å². The number of amides is 1. The van der Waals surface area contributed by atoms with Crippen LogP contribution in [0.2, 0.25) is 0 Å². The van der Waals surface area contributed by atoms with Crippen LogP contribution in [0.3, 0.4) is 0 Å². The molecule has 29 heavy (non-hydrogen) atoms. The zero-order valence-corrected chi connectivity index (χ0v) is 18.8. The zero-order valence-electron chi connectivity index (χ0n) is 17.9. The van der Waals surface area contributed by atoms with E-state index in [9.17, 15) is 14.2 Å². The van der Waals surface area contributed by atoms with E-state index in [1.165, 1.54) is 40.6 Å². The molecule has 1 aromatic carbocycles. The third-order valence-corrected chi connectivity index (χ3v) is 6.65. The molecule has 164 valence electrons. The summed E-state index contributed by atoms with van der Waals surface area (Å²) in [6.07, 6.45) is 7.27. The summed E-state index contributed by atoms with van der Waals surface area (Å²) < 4.78 is 26.9. The van der Waals surface area contributed by atoms with Crippen LogP contribution in [0.1, 0.15) is 67.8 Å². The number of hydrogen-bond donors (Lipinski definition) is 1. The van der Waals surface area contributed by atoms with E-state index in [-0.39, 0.29) is 12.1 Å². The van der Waals surface area contributed by atoms with Crippen LogP contribution in [0.15, 0.2) is 24.3 Å². The van der Waals surface area contributed by atoms with Crippen LogP contribution < -0.4 is 5.32 Å². The number of rotatable bonds is 14. The first-order valence-corrected chi connectivity index (χ1v) is 11.8. The van der Waals surface area contributed by atoms with Gasteiger partial charge >= 0.3 is 13.6 Å². The quantitative estimate of drug-likeness (QED) is 0.263. The van der Waals surface area contributed by atoms with Gasteiger partial charge in [0.25, 0.3) is 5.91 Å². The van der Waals surface area contributed by atoms with E-state index >= 15 is 0 Å². The molecular formula is C21H34NO6P. The fourth-order valence-corrected chi connectivity index (χ4v) is 4.02. The molecule has 0 aromatic heterocycles. The Kier molecular flexibility index (Phi) is 11.8. The first kappa shape index (κ1) is 25.3. The molecular weight excluding hydrogens is 393 g/mol. The average molecular weight is 427 g/mol. The standard InChI is InChI=1S/C21H34NO6P/c1-5-6-7-8-9-10-11-19(21(24)26-2)22-20(23)18-14-12-17(13-15-18)16-29(25,27-3)28-4/h12-15,19H,5-11,16H2,1-4H3,(H,22,23)/t19-/m0/s1. The molecule has 1 N–H and O–H groups in total. The van der Waals surface area contributed by atoms with Gasteiger partial charge in [-0.05, 0) is 24.1 Å². The highest BCUT2D eigenvalue weighted by Gasteiger charge is 2.23. The maximum absolute atomic E-state index is 12.5. The molecule has 0 saturated heterocycles. The second-order valence-electron chi connectivity index (χ2n) is 6.94. The average Bonchev–Trinajstić information content (AvgIpc) is 2.74. The van der Waals surface area contributed by atoms with Gasteiger partial charge in [-0.3, -0.25) is 9.36 Å². The number of esters is 1. The maximum atomic E-state index is 12.5. The molecule has 8 heteroatoms. The Balaban J connectivity index is 2.64. The lowest BCUT2D eigenvalue weighted by atomic mass is 10.0. The largest absolute Gasteiger partial charge is 0.467 e. The Morgan fingerprint density at radius 1 is 0.966 bits per heavy atom. The van der Waals surface area contributed by atoms with Gasteiger partial charge in [-0.2, -0.15) is 0 Å². The summed E-state index contributed by atoms with van der Waals surface area (Å²) in [6, 6.07) is 5.97. The highest BCUT2D eigenvalue weighted by molar-refractivity contribution is 7.52. The minimum atomic E-state index is -3.17. The van der Waals surface area contributed by atoms with Crippen molar-refractivity contribution in [1.82, 2.24) is 5.32 Å². The summed E-state index contributed by atoms with van der Waals surface area (Å²) in [5.41, 5.74) is 1.14. The molecule has 0 bridgehead atoms. The monoisotopic (exact) mass is 427 g/mol. The van der Waals surface area contributed by atoms with Gasteiger partial charge < -0.3 is 19.1 Å². The minimum Gasteiger partial charge on any atom is -0.467 e. The number of carbonyl (C=O) groups is 2. The van der Waals surface area contributed by atoms with Crippen molar-refractivity contribution in [2.45, 2.75) is 64.1 Å². The fraction of sp³-hybridized carbons (Fsp3) is 0.619. The lowest BCUT2D eigenvalue weighted by Crippen LogP contribution is -2.41. The van der Waals surface area contributed by atoms with Crippen LogP contribution in [0.4, 0.5) is 0 Å². The molecule has 0 radical (unpaired) electrons. The van der Waals surface area contributed by atoms with E-state index < -0.39 is 19.6 Å². The Labute approximate surface area is 174 Å².